The zero-order valence-electron chi connectivity index (χ0n) is 9.77. The average molecular weight is 286 g/mol. The van der Waals surface area contributed by atoms with Gasteiger partial charge in [-0.25, -0.2) is 4.79 Å². The van der Waals surface area contributed by atoms with E-state index in [1.54, 1.807) is 0 Å². The summed E-state index contributed by atoms with van der Waals surface area (Å²) in [7, 11) is 0. The molecule has 0 amide bonds. The van der Waals surface area contributed by atoms with Gasteiger partial charge in [0.1, 0.15) is 24.4 Å². The van der Waals surface area contributed by atoms with Gasteiger partial charge in [-0.05, 0) is 0 Å². The minimum Gasteiger partial charge on any atom is -0.479 e. The Kier molecular flexibility index (Phi) is 11.4. The highest BCUT2D eigenvalue weighted by atomic mass is 16.4. The summed E-state index contributed by atoms with van der Waals surface area (Å²) in [5, 5.41) is 67.3. The molecular weight excluding hydrogens is 268 g/mol. The molecule has 0 saturated heterocycles. The lowest BCUT2D eigenvalue weighted by molar-refractivity contribution is -0.148. The zero-order valence-corrected chi connectivity index (χ0v) is 9.77. The highest BCUT2D eigenvalue weighted by Crippen LogP contribution is 2.02. The summed E-state index contributed by atoms with van der Waals surface area (Å²) >= 11 is 0. The van der Waals surface area contributed by atoms with E-state index in [2.05, 4.69) is 0 Å². The molecule has 114 valence electrons. The Morgan fingerprint density at radius 3 is 1.63 bits per heavy atom. The van der Waals surface area contributed by atoms with Crippen LogP contribution in [-0.4, -0.2) is 96.8 Å². The molecule has 0 aliphatic carbocycles. The largest absolute Gasteiger partial charge is 0.479 e. The van der Waals surface area contributed by atoms with Crippen LogP contribution in [0.15, 0.2) is 0 Å². The van der Waals surface area contributed by atoms with Crippen molar-refractivity contribution >= 4 is 12.3 Å². The fraction of sp³-hybridized carbons (Fsp3) is 0.778. The third kappa shape index (κ3) is 8.56. The van der Waals surface area contributed by atoms with Crippen LogP contribution in [0.2, 0.25) is 0 Å². The first-order valence-electron chi connectivity index (χ1n) is 5.03. The second kappa shape index (κ2) is 10.8. The van der Waals surface area contributed by atoms with Gasteiger partial charge in [0.2, 0.25) is 0 Å². The number of carboxylic acids is 1. The number of rotatable bonds is 7. The van der Waals surface area contributed by atoms with Crippen LogP contribution in [0.25, 0.3) is 0 Å². The van der Waals surface area contributed by atoms with Crippen molar-refractivity contribution in [2.45, 2.75) is 30.5 Å². The van der Waals surface area contributed by atoms with E-state index in [4.69, 9.17) is 40.9 Å². The third-order valence-electron chi connectivity index (χ3n) is 1.88. The van der Waals surface area contributed by atoms with E-state index >= 15 is 0 Å². The lowest BCUT2D eigenvalue weighted by Gasteiger charge is -2.22. The number of carbonyl (C=O) groups excluding carboxylic acids is 1. The maximum absolute atomic E-state index is 9.90. The lowest BCUT2D eigenvalue weighted by Crippen LogP contribution is -2.46. The van der Waals surface area contributed by atoms with Crippen LogP contribution in [-0.2, 0) is 9.59 Å². The number of carboxylic acid groups (broad SMARTS) is 1. The Labute approximate surface area is 107 Å². The Morgan fingerprint density at radius 2 is 1.42 bits per heavy atom. The highest BCUT2D eigenvalue weighted by Gasteiger charge is 2.29. The molecule has 0 aromatic rings. The molecule has 5 unspecified atom stereocenters. The molecular formula is C9H18O10. The second-order valence-corrected chi connectivity index (χ2v) is 3.39. The van der Waals surface area contributed by atoms with Gasteiger partial charge < -0.3 is 45.6 Å². The molecule has 0 aromatic heterocycles. The van der Waals surface area contributed by atoms with Gasteiger partial charge in [-0.1, -0.05) is 0 Å². The summed E-state index contributed by atoms with van der Waals surface area (Å²) in [4.78, 5) is 19.4. The standard InChI is InChI=1S/C6H12O6.C3H6O4/c7-1-3(9)5(11)6(12)4(10)2-8;4-1-2(5)3(6)7/h1,3-6,8-12H,2H2;2,4-5H,1H2,(H,6,7). The Morgan fingerprint density at radius 1 is 0.947 bits per heavy atom. The van der Waals surface area contributed by atoms with E-state index in [0.29, 0.717) is 0 Å². The molecule has 19 heavy (non-hydrogen) atoms. The molecule has 0 rings (SSSR count). The van der Waals surface area contributed by atoms with Crippen molar-refractivity contribution in [3.05, 3.63) is 0 Å². The van der Waals surface area contributed by atoms with Crippen molar-refractivity contribution < 1.29 is 50.4 Å². The summed E-state index contributed by atoms with van der Waals surface area (Å²) in [5.41, 5.74) is 0. The number of aliphatic hydroxyl groups excluding tert-OH is 7. The van der Waals surface area contributed by atoms with Crippen LogP contribution in [0.5, 0.6) is 0 Å². The Hall–Kier alpha value is -1.14. The topological polar surface area (TPSA) is 196 Å². The van der Waals surface area contributed by atoms with Crippen molar-refractivity contribution in [2.24, 2.45) is 0 Å². The molecule has 0 radical (unpaired) electrons. The molecule has 8 N–H and O–H groups in total. The maximum Gasteiger partial charge on any atom is 0.334 e. The summed E-state index contributed by atoms with van der Waals surface area (Å²) in [6, 6.07) is 0. The molecule has 0 heterocycles. The van der Waals surface area contributed by atoms with Gasteiger partial charge in [0.15, 0.2) is 12.4 Å². The molecule has 10 nitrogen and oxygen atoms in total. The van der Waals surface area contributed by atoms with E-state index in [1.807, 2.05) is 0 Å². The third-order valence-corrected chi connectivity index (χ3v) is 1.88. The quantitative estimate of drug-likeness (QED) is 0.210. The van der Waals surface area contributed by atoms with E-state index in [1.165, 1.54) is 0 Å². The maximum atomic E-state index is 9.90. The molecule has 0 spiro atoms. The Bertz CT molecular complexity index is 257. The minimum atomic E-state index is -1.79. The highest BCUT2D eigenvalue weighted by molar-refractivity contribution is 5.71. The van der Waals surface area contributed by atoms with Gasteiger partial charge in [0, 0.05) is 0 Å². The van der Waals surface area contributed by atoms with Crippen LogP contribution < -0.4 is 0 Å². The fourth-order valence-electron chi connectivity index (χ4n) is 0.696. The zero-order chi connectivity index (χ0) is 15.6. The van der Waals surface area contributed by atoms with Gasteiger partial charge in [0.25, 0.3) is 0 Å². The van der Waals surface area contributed by atoms with Crippen LogP contribution >= 0.6 is 0 Å². The number of aliphatic carboxylic acids is 1. The molecule has 0 saturated carbocycles. The first kappa shape index (κ1) is 20.2. The first-order chi connectivity index (χ1) is 8.72. The summed E-state index contributed by atoms with van der Waals surface area (Å²) in [5.74, 6) is -1.40. The number of hydrogen-bond donors (Lipinski definition) is 8. The van der Waals surface area contributed by atoms with Gasteiger partial charge in [0.05, 0.1) is 13.2 Å². The minimum absolute atomic E-state index is 0.0258. The SMILES string of the molecule is O=C(O)C(O)CO.O=CC(O)C(O)C(O)C(O)CO. The normalized spacial score (nSPS) is 18.3. The fourth-order valence-corrected chi connectivity index (χ4v) is 0.696. The predicted molar refractivity (Wildman–Crippen MR) is 57.9 cm³/mol. The summed E-state index contributed by atoms with van der Waals surface area (Å²) < 4.78 is 0. The van der Waals surface area contributed by atoms with Gasteiger partial charge in [-0.15, -0.1) is 0 Å². The Balaban J connectivity index is 0. The van der Waals surface area contributed by atoms with Crippen molar-refractivity contribution in [2.75, 3.05) is 13.2 Å². The molecule has 0 aliphatic heterocycles. The molecule has 5 atom stereocenters. The second-order valence-electron chi connectivity index (χ2n) is 3.39. The number of aldehydes is 1. The lowest BCUT2D eigenvalue weighted by atomic mass is 10.0. The van der Waals surface area contributed by atoms with Gasteiger partial charge >= 0.3 is 5.97 Å². The first-order valence-corrected chi connectivity index (χ1v) is 5.03. The van der Waals surface area contributed by atoms with Crippen LogP contribution in [0.4, 0.5) is 0 Å². The van der Waals surface area contributed by atoms with E-state index in [9.17, 15) is 9.59 Å². The monoisotopic (exact) mass is 286 g/mol. The van der Waals surface area contributed by atoms with Crippen LogP contribution in [0.1, 0.15) is 0 Å². The molecule has 0 fully saturated rings. The van der Waals surface area contributed by atoms with Gasteiger partial charge in [-0.2, -0.15) is 0 Å². The number of hydrogen-bond acceptors (Lipinski definition) is 9. The van der Waals surface area contributed by atoms with Gasteiger partial charge in [-0.3, -0.25) is 0 Å². The predicted octanol–water partition coefficient (Wildman–Crippen LogP) is -4.95. The van der Waals surface area contributed by atoms with Crippen molar-refractivity contribution in [3.8, 4) is 0 Å². The summed E-state index contributed by atoms with van der Waals surface area (Å²) in [6.45, 7) is -1.49. The number of carbonyl (C=O) groups is 2. The van der Waals surface area contributed by atoms with E-state index < -0.39 is 49.7 Å². The molecule has 0 bridgehead atoms. The van der Waals surface area contributed by atoms with Crippen molar-refractivity contribution in [3.63, 3.8) is 0 Å². The summed E-state index contributed by atoms with van der Waals surface area (Å²) in [6.07, 6.45) is -8.46. The van der Waals surface area contributed by atoms with Crippen LogP contribution in [0, 0.1) is 0 Å². The molecule has 0 aromatic carbocycles. The van der Waals surface area contributed by atoms with E-state index in [0.717, 1.165) is 0 Å². The number of aliphatic hydroxyl groups is 7. The van der Waals surface area contributed by atoms with Crippen molar-refractivity contribution in [1.82, 2.24) is 0 Å². The molecule has 10 heteroatoms. The smallest absolute Gasteiger partial charge is 0.334 e. The average Bonchev–Trinajstić information content (AvgIpc) is 2.43. The van der Waals surface area contributed by atoms with Crippen molar-refractivity contribution in [1.29, 1.82) is 0 Å². The van der Waals surface area contributed by atoms with E-state index in [-0.39, 0.29) is 6.29 Å². The van der Waals surface area contributed by atoms with Crippen LogP contribution in [0.3, 0.4) is 0 Å². The molecule has 0 aliphatic rings.